The van der Waals surface area contributed by atoms with E-state index < -0.39 is 17.2 Å². The lowest BCUT2D eigenvalue weighted by Gasteiger charge is -2.14. The van der Waals surface area contributed by atoms with E-state index in [1.54, 1.807) is 48.8 Å². The van der Waals surface area contributed by atoms with Crippen LogP contribution in [0.15, 0.2) is 70.6 Å². The third kappa shape index (κ3) is 4.35. The van der Waals surface area contributed by atoms with Gasteiger partial charge >= 0.3 is 5.69 Å². The van der Waals surface area contributed by atoms with Crippen LogP contribution in [0.4, 0.5) is 5.69 Å². The highest BCUT2D eigenvalue weighted by atomic mass is 35.5. The quantitative estimate of drug-likeness (QED) is 0.498. The Morgan fingerprint density at radius 2 is 1.84 bits per heavy atom. The number of anilines is 1. The number of aromatic nitrogens is 4. The maximum absolute atomic E-state index is 13.2. The smallest absolute Gasteiger partial charge is 0.323 e. The number of amides is 1. The summed E-state index contributed by atoms with van der Waals surface area (Å²) in [5.41, 5.74) is 0.143. The van der Waals surface area contributed by atoms with Crippen LogP contribution < -0.4 is 16.6 Å². The maximum Gasteiger partial charge on any atom is 0.332 e. The SMILES string of the molecule is O=C(Cn1c(=O)n(Cc2cccnc2)c(=O)c2ncccc21)Nc1cc(Cl)ccc1Cl. The summed E-state index contributed by atoms with van der Waals surface area (Å²) in [4.78, 5) is 46.9. The first-order valence-electron chi connectivity index (χ1n) is 9.16. The Labute approximate surface area is 185 Å². The van der Waals surface area contributed by atoms with E-state index in [0.29, 0.717) is 21.3 Å². The van der Waals surface area contributed by atoms with Gasteiger partial charge in [0, 0.05) is 23.6 Å². The zero-order chi connectivity index (χ0) is 22.0. The number of carbonyl (C=O) groups is 1. The predicted octanol–water partition coefficient (Wildman–Crippen LogP) is 2.95. The molecule has 4 rings (SSSR count). The normalized spacial score (nSPS) is 10.9. The fourth-order valence-electron chi connectivity index (χ4n) is 3.14. The van der Waals surface area contributed by atoms with Gasteiger partial charge in [-0.1, -0.05) is 29.3 Å². The van der Waals surface area contributed by atoms with Crippen molar-refractivity contribution in [3.05, 3.63) is 97.5 Å². The third-order valence-corrected chi connectivity index (χ3v) is 5.12. The highest BCUT2D eigenvalue weighted by molar-refractivity contribution is 6.35. The van der Waals surface area contributed by atoms with Crippen LogP contribution in [-0.4, -0.2) is 25.0 Å². The Balaban J connectivity index is 1.76. The first kappa shape index (κ1) is 20.8. The van der Waals surface area contributed by atoms with E-state index in [-0.39, 0.29) is 24.1 Å². The van der Waals surface area contributed by atoms with E-state index in [1.165, 1.54) is 16.8 Å². The molecule has 0 aliphatic heterocycles. The number of carbonyl (C=O) groups excluding carboxylic acids is 1. The molecule has 0 spiro atoms. The van der Waals surface area contributed by atoms with Gasteiger partial charge in [0.25, 0.3) is 5.56 Å². The molecule has 0 unspecified atom stereocenters. The molecule has 3 heterocycles. The van der Waals surface area contributed by atoms with Gasteiger partial charge in [0.2, 0.25) is 5.91 Å². The van der Waals surface area contributed by atoms with E-state index in [4.69, 9.17) is 23.2 Å². The number of nitrogens with one attached hydrogen (secondary N) is 1. The average molecular weight is 456 g/mol. The molecule has 0 radical (unpaired) electrons. The van der Waals surface area contributed by atoms with E-state index in [1.807, 2.05) is 0 Å². The molecule has 0 aliphatic rings. The van der Waals surface area contributed by atoms with Gasteiger partial charge in [-0.3, -0.25) is 23.7 Å². The molecule has 8 nitrogen and oxygen atoms in total. The number of hydrogen-bond acceptors (Lipinski definition) is 5. The summed E-state index contributed by atoms with van der Waals surface area (Å²) in [7, 11) is 0. The van der Waals surface area contributed by atoms with E-state index in [2.05, 4.69) is 15.3 Å². The summed E-state index contributed by atoms with van der Waals surface area (Å²) in [6, 6.07) is 11.3. The lowest BCUT2D eigenvalue weighted by atomic mass is 10.2. The van der Waals surface area contributed by atoms with E-state index in [9.17, 15) is 14.4 Å². The van der Waals surface area contributed by atoms with Gasteiger partial charge in [-0.15, -0.1) is 0 Å². The average Bonchev–Trinajstić information content (AvgIpc) is 2.77. The molecule has 0 bridgehead atoms. The molecule has 156 valence electrons. The molecule has 4 aromatic rings. The van der Waals surface area contributed by atoms with Gasteiger partial charge in [-0.25, -0.2) is 9.78 Å². The Morgan fingerprint density at radius 3 is 2.61 bits per heavy atom. The van der Waals surface area contributed by atoms with Gasteiger partial charge in [-0.05, 0) is 42.0 Å². The number of pyridine rings is 2. The highest BCUT2D eigenvalue weighted by Crippen LogP contribution is 2.25. The molecule has 1 N–H and O–H groups in total. The van der Waals surface area contributed by atoms with Gasteiger partial charge in [0.1, 0.15) is 6.54 Å². The van der Waals surface area contributed by atoms with Crippen molar-refractivity contribution in [2.24, 2.45) is 0 Å². The van der Waals surface area contributed by atoms with Crippen LogP contribution in [0, 0.1) is 0 Å². The molecular formula is C21H15Cl2N5O3. The van der Waals surface area contributed by atoms with Crippen LogP contribution in [-0.2, 0) is 17.9 Å². The standard InChI is InChI=1S/C21H15Cl2N5O3/c22-14-5-6-15(23)16(9-14)26-18(29)12-27-17-4-2-8-25-19(17)20(30)28(21(27)31)11-13-3-1-7-24-10-13/h1-10H,11-12H2,(H,26,29). The van der Waals surface area contributed by atoms with Crippen LogP contribution in [0.5, 0.6) is 0 Å². The first-order chi connectivity index (χ1) is 14.9. The molecule has 0 atom stereocenters. The number of rotatable bonds is 5. The van der Waals surface area contributed by atoms with E-state index in [0.717, 1.165) is 4.57 Å². The van der Waals surface area contributed by atoms with Crippen LogP contribution in [0.1, 0.15) is 5.56 Å². The molecule has 3 aromatic heterocycles. The van der Waals surface area contributed by atoms with Crippen molar-refractivity contribution < 1.29 is 4.79 Å². The monoisotopic (exact) mass is 455 g/mol. The van der Waals surface area contributed by atoms with Crippen molar-refractivity contribution in [1.82, 2.24) is 19.1 Å². The van der Waals surface area contributed by atoms with Crippen LogP contribution >= 0.6 is 23.2 Å². The zero-order valence-electron chi connectivity index (χ0n) is 16.0. The topological polar surface area (TPSA) is 98.9 Å². The minimum atomic E-state index is -0.637. The molecule has 31 heavy (non-hydrogen) atoms. The molecule has 0 saturated carbocycles. The molecular weight excluding hydrogens is 441 g/mol. The number of hydrogen-bond donors (Lipinski definition) is 1. The fourth-order valence-corrected chi connectivity index (χ4v) is 3.47. The summed E-state index contributed by atoms with van der Waals surface area (Å²) in [6.07, 6.45) is 4.61. The predicted molar refractivity (Wildman–Crippen MR) is 119 cm³/mol. The van der Waals surface area contributed by atoms with Crippen molar-refractivity contribution >= 4 is 45.8 Å². The lowest BCUT2D eigenvalue weighted by Crippen LogP contribution is -2.42. The number of halogens is 2. The minimum Gasteiger partial charge on any atom is -0.323 e. The third-order valence-electron chi connectivity index (χ3n) is 4.55. The van der Waals surface area contributed by atoms with Crippen LogP contribution in [0.25, 0.3) is 11.0 Å². The molecule has 1 amide bonds. The summed E-state index contributed by atoms with van der Waals surface area (Å²) in [5, 5.41) is 3.35. The number of nitrogens with zero attached hydrogens (tertiary/aromatic N) is 4. The Hall–Kier alpha value is -3.49. The van der Waals surface area contributed by atoms with Crippen molar-refractivity contribution in [3.63, 3.8) is 0 Å². The first-order valence-corrected chi connectivity index (χ1v) is 9.92. The highest BCUT2D eigenvalue weighted by Gasteiger charge is 2.17. The lowest BCUT2D eigenvalue weighted by molar-refractivity contribution is -0.116. The van der Waals surface area contributed by atoms with Gasteiger partial charge < -0.3 is 5.32 Å². The summed E-state index contributed by atoms with van der Waals surface area (Å²) >= 11 is 12.1. The Kier molecular flexibility index (Phi) is 5.83. The Morgan fingerprint density at radius 1 is 1.03 bits per heavy atom. The van der Waals surface area contributed by atoms with Crippen molar-refractivity contribution in [3.8, 4) is 0 Å². The summed E-state index contributed by atoms with van der Waals surface area (Å²) in [6.45, 7) is -0.350. The molecule has 0 fully saturated rings. The largest absolute Gasteiger partial charge is 0.332 e. The zero-order valence-corrected chi connectivity index (χ0v) is 17.5. The van der Waals surface area contributed by atoms with Crippen LogP contribution in [0.2, 0.25) is 10.0 Å². The molecule has 0 aliphatic carbocycles. The van der Waals surface area contributed by atoms with Crippen molar-refractivity contribution in [1.29, 1.82) is 0 Å². The molecule has 1 aromatic carbocycles. The van der Waals surface area contributed by atoms with E-state index >= 15 is 0 Å². The minimum absolute atomic E-state index is 0.000237. The number of fused-ring (bicyclic) bond motifs is 1. The van der Waals surface area contributed by atoms with Gasteiger partial charge in [0.15, 0.2) is 5.52 Å². The second-order valence-corrected chi connectivity index (χ2v) is 7.51. The molecule has 10 heteroatoms. The maximum atomic E-state index is 13.2. The second-order valence-electron chi connectivity index (χ2n) is 6.66. The second kappa shape index (κ2) is 8.71. The molecule has 0 saturated heterocycles. The van der Waals surface area contributed by atoms with Crippen LogP contribution in [0.3, 0.4) is 0 Å². The number of benzene rings is 1. The van der Waals surface area contributed by atoms with Crippen molar-refractivity contribution in [2.75, 3.05) is 5.32 Å². The van der Waals surface area contributed by atoms with Gasteiger partial charge in [-0.2, -0.15) is 0 Å². The fraction of sp³-hybridized carbons (Fsp3) is 0.0952. The van der Waals surface area contributed by atoms with Gasteiger partial charge in [0.05, 0.1) is 22.8 Å². The summed E-state index contributed by atoms with van der Waals surface area (Å²) in [5.74, 6) is -0.511. The van der Waals surface area contributed by atoms with Crippen molar-refractivity contribution in [2.45, 2.75) is 13.1 Å². The Bertz CT molecular complexity index is 1400. The summed E-state index contributed by atoms with van der Waals surface area (Å²) < 4.78 is 2.24.